The number of anilines is 3. The van der Waals surface area contributed by atoms with E-state index in [9.17, 15) is 13.8 Å². The number of ether oxygens (including phenoxy) is 1. The van der Waals surface area contributed by atoms with Gasteiger partial charge in [0.1, 0.15) is 15.6 Å². The van der Waals surface area contributed by atoms with Crippen LogP contribution in [0.15, 0.2) is 30.5 Å². The first-order valence-corrected chi connectivity index (χ1v) is 13.3. The Bertz CT molecular complexity index is 1580. The maximum absolute atomic E-state index is 12.8. The van der Waals surface area contributed by atoms with Gasteiger partial charge in [-0.15, -0.1) is 10.2 Å². The highest BCUT2D eigenvalue weighted by molar-refractivity contribution is 7.89. The van der Waals surface area contributed by atoms with Crippen molar-refractivity contribution in [1.29, 1.82) is 4.78 Å². The highest BCUT2D eigenvalue weighted by Gasteiger charge is 2.30. The molecule has 13 nitrogen and oxygen atoms in total. The summed E-state index contributed by atoms with van der Waals surface area (Å²) in [4.78, 5) is 25.0. The number of methoxy groups -OCH3 is 1. The van der Waals surface area contributed by atoms with E-state index in [0.717, 1.165) is 18.4 Å². The van der Waals surface area contributed by atoms with E-state index in [4.69, 9.17) is 13.6 Å². The maximum Gasteiger partial charge on any atom is 0.273 e. The number of amides is 2. The molecule has 4 N–H and O–H groups in total. The molecule has 0 bridgehead atoms. The summed E-state index contributed by atoms with van der Waals surface area (Å²) in [6.45, 7) is -2.15. The van der Waals surface area contributed by atoms with Crippen molar-refractivity contribution in [1.82, 2.24) is 29.6 Å². The van der Waals surface area contributed by atoms with Crippen LogP contribution >= 0.6 is 0 Å². The Morgan fingerprint density at radius 2 is 2.05 bits per heavy atom. The second-order valence-electron chi connectivity index (χ2n) is 8.84. The Morgan fingerprint density at radius 3 is 2.73 bits per heavy atom. The number of carbonyl (C=O) groups is 2. The molecule has 1 aliphatic carbocycles. The third-order valence-electron chi connectivity index (χ3n) is 6.08. The Labute approximate surface area is 217 Å². The van der Waals surface area contributed by atoms with Gasteiger partial charge >= 0.3 is 0 Å². The Balaban J connectivity index is 1.48. The van der Waals surface area contributed by atoms with Crippen molar-refractivity contribution in [2.75, 3.05) is 31.0 Å². The molecule has 0 spiro atoms. The van der Waals surface area contributed by atoms with Crippen LogP contribution < -0.4 is 20.7 Å². The van der Waals surface area contributed by atoms with E-state index in [1.54, 1.807) is 33.4 Å². The fourth-order valence-corrected chi connectivity index (χ4v) is 4.76. The van der Waals surface area contributed by atoms with Crippen LogP contribution in [0.3, 0.4) is 0 Å². The zero-order valence-electron chi connectivity index (χ0n) is 23.1. The first-order chi connectivity index (χ1) is 18.8. The topological polar surface area (TPSA) is 167 Å². The third-order valence-corrected chi connectivity index (χ3v) is 7.32. The van der Waals surface area contributed by atoms with Crippen LogP contribution in [0.25, 0.3) is 5.69 Å². The minimum atomic E-state index is -2.86. The quantitative estimate of drug-likeness (QED) is 0.344. The van der Waals surface area contributed by atoms with Gasteiger partial charge in [-0.25, -0.2) is 18.0 Å². The summed E-state index contributed by atoms with van der Waals surface area (Å²) in [7, 11) is -1.40. The average Bonchev–Trinajstić information content (AvgIpc) is 3.51. The molecular weight excluding hydrogens is 498 g/mol. The average molecular weight is 529 g/mol. The van der Waals surface area contributed by atoms with Crippen LogP contribution in [-0.2, 0) is 27.8 Å². The first kappa shape index (κ1) is 21.1. The van der Waals surface area contributed by atoms with Crippen LogP contribution in [0.1, 0.15) is 38.7 Å². The number of para-hydroxylation sites is 1. The number of hydrogen-bond acceptors (Lipinski definition) is 9. The lowest BCUT2D eigenvalue weighted by molar-refractivity contribution is -0.117. The third kappa shape index (κ3) is 4.97. The van der Waals surface area contributed by atoms with E-state index in [2.05, 4.69) is 25.9 Å². The summed E-state index contributed by atoms with van der Waals surface area (Å²) < 4.78 is 51.0. The lowest BCUT2D eigenvalue weighted by Gasteiger charge is -2.17. The van der Waals surface area contributed by atoms with Gasteiger partial charge in [-0.1, -0.05) is 6.07 Å². The summed E-state index contributed by atoms with van der Waals surface area (Å²) in [6.07, 6.45) is 4.71. The lowest BCUT2D eigenvalue weighted by Crippen LogP contribution is -2.23. The second-order valence-corrected chi connectivity index (χ2v) is 11.0. The predicted octanol–water partition coefficient (Wildman–Crippen LogP) is 2.03. The number of nitrogens with one attached hydrogen (secondary N) is 4. The van der Waals surface area contributed by atoms with E-state index in [1.165, 1.54) is 19.4 Å². The van der Waals surface area contributed by atoms with Gasteiger partial charge in [0.05, 0.1) is 30.7 Å². The molecule has 3 heterocycles. The van der Waals surface area contributed by atoms with Gasteiger partial charge in [-0.3, -0.25) is 9.59 Å². The number of benzene rings is 1. The van der Waals surface area contributed by atoms with Crippen LogP contribution in [-0.4, -0.2) is 60.6 Å². The smallest absolute Gasteiger partial charge is 0.273 e. The Kier molecular flexibility index (Phi) is 5.38. The van der Waals surface area contributed by atoms with Gasteiger partial charge in [0.15, 0.2) is 17.3 Å². The molecule has 194 valence electrons. The van der Waals surface area contributed by atoms with Gasteiger partial charge in [0.25, 0.3) is 5.91 Å². The van der Waals surface area contributed by atoms with E-state index < -0.39 is 22.8 Å². The number of nitrogens with zero attached hydrogens (tertiary/aromatic N) is 5. The molecule has 5 rings (SSSR count). The molecule has 2 amide bonds. The van der Waals surface area contributed by atoms with Crippen molar-refractivity contribution in [3.8, 4) is 11.4 Å². The van der Waals surface area contributed by atoms with Crippen LogP contribution in [0.4, 0.5) is 17.2 Å². The normalized spacial score (nSPS) is 18.1. The molecule has 1 aromatic carbocycles. The van der Waals surface area contributed by atoms with Crippen molar-refractivity contribution in [3.63, 3.8) is 0 Å². The summed E-state index contributed by atoms with van der Waals surface area (Å²) in [5, 5.41) is 20.0. The second kappa shape index (κ2) is 9.44. The summed E-state index contributed by atoms with van der Waals surface area (Å²) in [5.41, 5.74) is 2.26. The van der Waals surface area contributed by atoms with Gasteiger partial charge in [0, 0.05) is 47.6 Å². The van der Waals surface area contributed by atoms with E-state index in [-0.39, 0.29) is 35.6 Å². The van der Waals surface area contributed by atoms with Gasteiger partial charge in [0.2, 0.25) is 5.91 Å². The van der Waals surface area contributed by atoms with Crippen LogP contribution in [0.2, 0.25) is 0 Å². The molecule has 1 unspecified atom stereocenters. The van der Waals surface area contributed by atoms with E-state index >= 15 is 0 Å². The zero-order valence-corrected chi connectivity index (χ0v) is 20.9. The van der Waals surface area contributed by atoms with Crippen molar-refractivity contribution >= 4 is 38.9 Å². The standard InChI is InChI=1S/C23H27N9O4S/c1-25-23(34)20-16(9-19(28-29-20)27-22(33)13-7-8-13)26-15-5-4-6-18(21(15)36-2)32-11-14-10-31(37(3,24)35)12-17(14)30-32/h4-6,9,11,13,24H,7-8,10,12H2,1-3H3,(H,25,34)(H2,26,27,28,33)/i1D3. The monoisotopic (exact) mass is 528 g/mol. The molecule has 1 aliphatic heterocycles. The first-order valence-electron chi connectivity index (χ1n) is 12.8. The predicted molar refractivity (Wildman–Crippen MR) is 136 cm³/mol. The largest absolute Gasteiger partial charge is 0.492 e. The van der Waals surface area contributed by atoms with Gasteiger partial charge < -0.3 is 20.7 Å². The molecule has 14 heteroatoms. The Hall–Kier alpha value is -4.04. The summed E-state index contributed by atoms with van der Waals surface area (Å²) >= 11 is 0. The lowest BCUT2D eigenvalue weighted by atomic mass is 10.2. The van der Waals surface area contributed by atoms with Crippen molar-refractivity contribution in [2.45, 2.75) is 25.9 Å². The number of carbonyl (C=O) groups excluding carboxylic acids is 2. The van der Waals surface area contributed by atoms with Gasteiger partial charge in [-0.05, 0) is 25.0 Å². The van der Waals surface area contributed by atoms with Gasteiger partial charge in [-0.2, -0.15) is 5.10 Å². The fourth-order valence-electron chi connectivity index (χ4n) is 4.01. The van der Waals surface area contributed by atoms with E-state index in [0.29, 0.717) is 29.4 Å². The molecule has 1 saturated carbocycles. The van der Waals surface area contributed by atoms with Crippen molar-refractivity contribution < 1.29 is 22.6 Å². The van der Waals surface area contributed by atoms with Crippen molar-refractivity contribution in [2.24, 2.45) is 5.92 Å². The number of aromatic nitrogens is 4. The molecule has 0 saturated heterocycles. The Morgan fingerprint density at radius 1 is 1.24 bits per heavy atom. The highest BCUT2D eigenvalue weighted by atomic mass is 32.2. The SMILES string of the molecule is [2H]C([2H])([2H])NC(=O)c1nnc(NC(=O)C2CC2)cc1Nc1cccc(-n2cc3c(n2)CN(S(C)(=N)=O)C3)c1OC. The molecule has 2 aromatic heterocycles. The molecule has 1 fully saturated rings. The zero-order chi connectivity index (χ0) is 28.8. The number of rotatable bonds is 8. The molecule has 2 aliphatic rings. The minimum Gasteiger partial charge on any atom is -0.492 e. The molecule has 3 aromatic rings. The van der Waals surface area contributed by atoms with Crippen LogP contribution in [0.5, 0.6) is 5.75 Å². The molecule has 37 heavy (non-hydrogen) atoms. The fraction of sp³-hybridized carbons (Fsp3) is 0.348. The maximum atomic E-state index is 12.8. The van der Waals surface area contributed by atoms with Crippen molar-refractivity contribution in [3.05, 3.63) is 47.4 Å². The van der Waals surface area contributed by atoms with Crippen LogP contribution in [0, 0.1) is 10.7 Å². The van der Waals surface area contributed by atoms with E-state index in [1.807, 2.05) is 5.32 Å². The summed E-state index contributed by atoms with van der Waals surface area (Å²) in [5.74, 6) is -0.853. The summed E-state index contributed by atoms with van der Waals surface area (Å²) in [6, 6.07) is 6.58. The number of fused-ring (bicyclic) bond motifs is 1. The molecular formula is C23H27N9O4S. The minimum absolute atomic E-state index is 0.0880. The highest BCUT2D eigenvalue weighted by Crippen LogP contribution is 2.36. The number of hydrogen-bond donors (Lipinski definition) is 4. The molecule has 0 radical (unpaired) electrons. The molecule has 1 atom stereocenters.